The number of Topliss-reactive ketones (excluding diaryl/α,β-unsaturated/α-hetero) is 3. The summed E-state index contributed by atoms with van der Waals surface area (Å²) in [7, 11) is 0. The fraction of sp³-hybridized carbons (Fsp3) is 0.889. The van der Waals surface area contributed by atoms with Gasteiger partial charge in [-0.25, -0.2) is 0 Å². The Morgan fingerprint density at radius 1 is 0.514 bits per heavy atom. The molecule has 0 atom stereocenters. The summed E-state index contributed by atoms with van der Waals surface area (Å²) in [5, 5.41) is 7.28. The van der Waals surface area contributed by atoms with Gasteiger partial charge in [-0.1, -0.05) is 0 Å². The Labute approximate surface area is 210 Å². The molecule has 2 spiro atoms. The van der Waals surface area contributed by atoms with Crippen molar-refractivity contribution < 1.29 is 28.6 Å². The number of carbonyl (C=O) groups excluding carboxylic acids is 3. The minimum absolute atomic E-state index is 0.0150. The second kappa shape index (κ2) is 11.9. The first-order valence-electron chi connectivity index (χ1n) is 13.3. The predicted molar refractivity (Wildman–Crippen MR) is 134 cm³/mol. The van der Waals surface area contributed by atoms with E-state index in [0.717, 1.165) is 52.1 Å². The zero-order chi connectivity index (χ0) is 25.6. The van der Waals surface area contributed by atoms with Crippen LogP contribution in [0.25, 0.3) is 0 Å². The van der Waals surface area contributed by atoms with E-state index in [4.69, 9.17) is 14.2 Å². The summed E-state index contributed by atoms with van der Waals surface area (Å²) in [6.07, 6.45) is 7.86. The quantitative estimate of drug-likeness (QED) is 0.530. The van der Waals surface area contributed by atoms with Crippen molar-refractivity contribution in [3.63, 3.8) is 0 Å². The first-order valence-corrected chi connectivity index (χ1v) is 13.3. The van der Waals surface area contributed by atoms with Crippen molar-refractivity contribution in [2.45, 2.75) is 114 Å². The molecule has 5 rings (SSSR count). The highest BCUT2D eigenvalue weighted by atomic mass is 16.5. The normalized spacial score (nSPS) is 29.0. The van der Waals surface area contributed by atoms with Crippen LogP contribution < -0.4 is 10.6 Å². The summed E-state index contributed by atoms with van der Waals surface area (Å²) < 4.78 is 15.8. The number of carbonyl (C=O) groups is 3. The molecule has 0 aliphatic carbocycles. The third-order valence-corrected chi connectivity index (χ3v) is 7.51. The Morgan fingerprint density at radius 2 is 0.886 bits per heavy atom. The average molecular weight is 495 g/mol. The Bertz CT molecular complexity index is 697. The highest BCUT2D eigenvalue weighted by molar-refractivity contribution is 5.82. The Balaban J connectivity index is 0.000000163. The van der Waals surface area contributed by atoms with E-state index in [1.165, 1.54) is 0 Å². The molecule has 0 saturated carbocycles. The van der Waals surface area contributed by atoms with E-state index in [2.05, 4.69) is 38.3 Å². The molecule has 0 aromatic rings. The topological polar surface area (TPSA) is 103 Å². The molecular formula is C27H46N2O6. The van der Waals surface area contributed by atoms with E-state index in [1.807, 2.05) is 0 Å². The van der Waals surface area contributed by atoms with Crippen molar-refractivity contribution in [1.29, 1.82) is 0 Å². The Morgan fingerprint density at radius 3 is 1.23 bits per heavy atom. The van der Waals surface area contributed by atoms with Gasteiger partial charge in [0.25, 0.3) is 0 Å². The van der Waals surface area contributed by atoms with Gasteiger partial charge in [0.15, 0.2) is 0 Å². The highest BCUT2D eigenvalue weighted by Gasteiger charge is 2.48. The lowest BCUT2D eigenvalue weighted by Gasteiger charge is -2.51. The lowest BCUT2D eigenvalue weighted by atomic mass is 9.71. The van der Waals surface area contributed by atoms with Gasteiger partial charge in [0, 0.05) is 87.1 Å². The number of rotatable bonds is 0. The standard InChI is InChI=1S/C13H21NO3.C9H17NO.C5H8O2/c15-11-9-12(1-5-16-6-2-12)14-13(10-11)3-7-17-8-4-13;1-8(2)5-7(11)6-9(3,4)10-8;6-5-1-3-7-4-2-5/h14H,1-10H2;10H,5-6H2,1-4H3;1-4H2. The molecule has 0 bridgehead atoms. The largest absolute Gasteiger partial charge is 0.381 e. The van der Waals surface area contributed by atoms with Crippen LogP contribution in [0.3, 0.4) is 0 Å². The monoisotopic (exact) mass is 494 g/mol. The van der Waals surface area contributed by atoms with E-state index in [-0.39, 0.29) is 22.2 Å². The Hall–Kier alpha value is -1.19. The van der Waals surface area contributed by atoms with Gasteiger partial charge in [0.2, 0.25) is 0 Å². The molecule has 5 heterocycles. The van der Waals surface area contributed by atoms with Crippen LogP contribution in [0, 0.1) is 0 Å². The molecular weight excluding hydrogens is 448 g/mol. The summed E-state index contributed by atoms with van der Waals surface area (Å²) in [6.45, 7) is 12.7. The molecule has 0 aromatic carbocycles. The van der Waals surface area contributed by atoms with E-state index >= 15 is 0 Å². The van der Waals surface area contributed by atoms with Gasteiger partial charge in [0.05, 0.1) is 13.2 Å². The van der Waals surface area contributed by atoms with Crippen LogP contribution in [0.1, 0.15) is 91.9 Å². The fourth-order valence-electron chi connectivity index (χ4n) is 6.25. The number of hydrogen-bond donors (Lipinski definition) is 2. The Kier molecular flexibility index (Phi) is 9.65. The maximum absolute atomic E-state index is 12.1. The third-order valence-electron chi connectivity index (χ3n) is 7.51. The van der Waals surface area contributed by atoms with Gasteiger partial charge in [-0.05, 0) is 53.4 Å². The van der Waals surface area contributed by atoms with Crippen LogP contribution >= 0.6 is 0 Å². The van der Waals surface area contributed by atoms with Crippen LogP contribution in [-0.2, 0) is 28.6 Å². The zero-order valence-corrected chi connectivity index (χ0v) is 22.3. The van der Waals surface area contributed by atoms with Crippen LogP contribution in [0.15, 0.2) is 0 Å². The highest BCUT2D eigenvalue weighted by Crippen LogP contribution is 2.38. The van der Waals surface area contributed by atoms with E-state index in [0.29, 0.717) is 69.1 Å². The smallest absolute Gasteiger partial charge is 0.137 e. The second-order valence-electron chi connectivity index (χ2n) is 12.2. The first-order chi connectivity index (χ1) is 16.4. The summed E-state index contributed by atoms with van der Waals surface area (Å²) in [5.41, 5.74) is 0.00745. The summed E-state index contributed by atoms with van der Waals surface area (Å²) in [5.74, 6) is 1.14. The summed E-state index contributed by atoms with van der Waals surface area (Å²) in [4.78, 5) is 33.7. The molecule has 0 aromatic heterocycles. The van der Waals surface area contributed by atoms with Crippen molar-refractivity contribution in [3.05, 3.63) is 0 Å². The SMILES string of the molecule is CC1(C)CC(=O)CC(C)(C)N1.O=C1CC2(CCOCC2)NC2(CCOCC2)C1.O=C1CCOCC1. The van der Waals surface area contributed by atoms with Crippen molar-refractivity contribution in [1.82, 2.24) is 10.6 Å². The molecule has 0 unspecified atom stereocenters. The van der Waals surface area contributed by atoms with Crippen LogP contribution in [0.4, 0.5) is 0 Å². The van der Waals surface area contributed by atoms with Crippen LogP contribution in [0.5, 0.6) is 0 Å². The molecule has 5 fully saturated rings. The number of piperidine rings is 2. The molecule has 200 valence electrons. The molecule has 5 saturated heterocycles. The molecule has 35 heavy (non-hydrogen) atoms. The van der Waals surface area contributed by atoms with Crippen molar-refractivity contribution >= 4 is 17.3 Å². The minimum Gasteiger partial charge on any atom is -0.381 e. The number of ether oxygens (including phenoxy) is 3. The van der Waals surface area contributed by atoms with E-state index < -0.39 is 0 Å². The van der Waals surface area contributed by atoms with Gasteiger partial charge in [-0.3, -0.25) is 14.4 Å². The molecule has 0 radical (unpaired) electrons. The van der Waals surface area contributed by atoms with Gasteiger partial charge in [-0.15, -0.1) is 0 Å². The molecule has 8 nitrogen and oxygen atoms in total. The lowest BCUT2D eigenvalue weighted by Crippen LogP contribution is -2.66. The molecule has 5 aliphatic heterocycles. The molecule has 5 aliphatic rings. The molecule has 2 N–H and O–H groups in total. The van der Waals surface area contributed by atoms with Gasteiger partial charge in [0.1, 0.15) is 17.3 Å². The van der Waals surface area contributed by atoms with Gasteiger partial charge in [-0.2, -0.15) is 0 Å². The van der Waals surface area contributed by atoms with Gasteiger partial charge < -0.3 is 24.8 Å². The second-order valence-corrected chi connectivity index (χ2v) is 12.2. The average Bonchev–Trinajstić information content (AvgIpc) is 2.73. The molecule has 8 heteroatoms. The van der Waals surface area contributed by atoms with Crippen molar-refractivity contribution in [3.8, 4) is 0 Å². The number of nitrogens with one attached hydrogen (secondary N) is 2. The van der Waals surface area contributed by atoms with E-state index in [1.54, 1.807) is 0 Å². The van der Waals surface area contributed by atoms with E-state index in [9.17, 15) is 14.4 Å². The van der Waals surface area contributed by atoms with Crippen LogP contribution in [-0.4, -0.2) is 79.1 Å². The lowest BCUT2D eigenvalue weighted by molar-refractivity contribution is -0.130. The summed E-state index contributed by atoms with van der Waals surface area (Å²) in [6, 6.07) is 0. The van der Waals surface area contributed by atoms with Crippen LogP contribution in [0.2, 0.25) is 0 Å². The van der Waals surface area contributed by atoms with Crippen molar-refractivity contribution in [2.75, 3.05) is 39.6 Å². The minimum atomic E-state index is -0.0150. The number of hydrogen-bond acceptors (Lipinski definition) is 8. The third kappa shape index (κ3) is 9.01. The van der Waals surface area contributed by atoms with Crippen molar-refractivity contribution in [2.24, 2.45) is 0 Å². The predicted octanol–water partition coefficient (Wildman–Crippen LogP) is 2.90. The summed E-state index contributed by atoms with van der Waals surface area (Å²) >= 11 is 0. The zero-order valence-electron chi connectivity index (χ0n) is 22.3. The fourth-order valence-corrected chi connectivity index (χ4v) is 6.25. The maximum Gasteiger partial charge on any atom is 0.137 e. The van der Waals surface area contributed by atoms with Gasteiger partial charge >= 0.3 is 0 Å². The number of ketones is 3. The molecule has 0 amide bonds. The first kappa shape index (κ1) is 28.4. The maximum atomic E-state index is 12.1.